The van der Waals surface area contributed by atoms with Crippen LogP contribution in [0.25, 0.3) is 16.8 Å². The van der Waals surface area contributed by atoms with Crippen LogP contribution in [0, 0.1) is 19.7 Å². The fraction of sp³-hybridized carbons (Fsp3) is 0.129. The van der Waals surface area contributed by atoms with E-state index in [0.29, 0.717) is 17.0 Å². The number of anilines is 1. The number of hydrogen-bond donors (Lipinski definition) is 1. The van der Waals surface area contributed by atoms with Gasteiger partial charge in [-0.1, -0.05) is 48.5 Å². The van der Waals surface area contributed by atoms with E-state index in [1.165, 1.54) is 12.1 Å². The number of imide groups is 1. The lowest BCUT2D eigenvalue weighted by Crippen LogP contribution is -2.36. The third-order valence-electron chi connectivity index (χ3n) is 6.48. The number of benzene rings is 4. The molecular weight excluding hydrogens is 515 g/mol. The van der Waals surface area contributed by atoms with Gasteiger partial charge in [-0.05, 0) is 89.5 Å². The van der Waals surface area contributed by atoms with Gasteiger partial charge in [0.1, 0.15) is 24.7 Å². The van der Waals surface area contributed by atoms with E-state index in [2.05, 4.69) is 5.32 Å². The van der Waals surface area contributed by atoms with Crippen molar-refractivity contribution in [1.82, 2.24) is 4.90 Å². The molecule has 0 radical (unpaired) electrons. The summed E-state index contributed by atoms with van der Waals surface area (Å²) in [6.45, 7) is 3.72. The number of ether oxygens (including phenoxy) is 1. The van der Waals surface area contributed by atoms with Gasteiger partial charge in [-0.15, -0.1) is 0 Å². The first-order valence-corrected chi connectivity index (χ1v) is 13.1. The van der Waals surface area contributed by atoms with Crippen molar-refractivity contribution in [1.29, 1.82) is 0 Å². The third kappa shape index (κ3) is 5.86. The second-order valence-corrected chi connectivity index (χ2v) is 10.2. The van der Waals surface area contributed by atoms with Crippen molar-refractivity contribution in [3.05, 3.63) is 112 Å². The van der Waals surface area contributed by atoms with Crippen molar-refractivity contribution in [3.8, 4) is 5.75 Å². The molecule has 0 aliphatic carbocycles. The van der Waals surface area contributed by atoms with E-state index in [1.807, 2.05) is 56.3 Å². The molecule has 1 fully saturated rings. The maximum absolute atomic E-state index is 13.3. The van der Waals surface area contributed by atoms with Gasteiger partial charge in [0.05, 0.1) is 4.91 Å². The number of rotatable bonds is 7. The predicted octanol–water partition coefficient (Wildman–Crippen LogP) is 6.85. The van der Waals surface area contributed by atoms with Crippen LogP contribution in [0.3, 0.4) is 0 Å². The summed E-state index contributed by atoms with van der Waals surface area (Å²) in [7, 11) is 0. The molecule has 1 N–H and O–H groups in total. The lowest BCUT2D eigenvalue weighted by atomic mass is 10.0. The Balaban J connectivity index is 1.39. The minimum atomic E-state index is -0.544. The Bertz CT molecular complexity index is 1630. The number of carbonyl (C=O) groups is 3. The van der Waals surface area contributed by atoms with Gasteiger partial charge in [-0.3, -0.25) is 19.3 Å². The number of hydrogen-bond acceptors (Lipinski definition) is 5. The van der Waals surface area contributed by atoms with Gasteiger partial charge in [-0.25, -0.2) is 4.39 Å². The van der Waals surface area contributed by atoms with Gasteiger partial charge in [0.25, 0.3) is 11.1 Å². The first kappa shape index (κ1) is 26.2. The van der Waals surface area contributed by atoms with Gasteiger partial charge < -0.3 is 10.1 Å². The van der Waals surface area contributed by atoms with Gasteiger partial charge in [-0.2, -0.15) is 0 Å². The number of amides is 3. The Morgan fingerprint density at radius 1 is 0.974 bits per heavy atom. The number of fused-ring (bicyclic) bond motifs is 1. The summed E-state index contributed by atoms with van der Waals surface area (Å²) in [5, 5.41) is 4.01. The Kier molecular flexibility index (Phi) is 7.47. The highest BCUT2D eigenvalue weighted by atomic mass is 32.2. The molecule has 6 nitrogen and oxygen atoms in total. The Morgan fingerprint density at radius 3 is 2.51 bits per heavy atom. The van der Waals surface area contributed by atoms with Gasteiger partial charge >= 0.3 is 0 Å². The molecule has 8 heteroatoms. The summed E-state index contributed by atoms with van der Waals surface area (Å²) < 4.78 is 19.4. The summed E-state index contributed by atoms with van der Waals surface area (Å²) in [5.41, 5.74) is 4.14. The summed E-state index contributed by atoms with van der Waals surface area (Å²) in [6.07, 6.45) is 1.63. The van der Waals surface area contributed by atoms with Crippen LogP contribution in [0.5, 0.6) is 5.75 Å². The van der Waals surface area contributed by atoms with E-state index < -0.39 is 23.6 Å². The van der Waals surface area contributed by atoms with Crippen molar-refractivity contribution in [3.63, 3.8) is 0 Å². The fourth-order valence-electron chi connectivity index (χ4n) is 4.22. The lowest BCUT2D eigenvalue weighted by molar-refractivity contribution is -0.127. The summed E-state index contributed by atoms with van der Waals surface area (Å²) in [4.78, 5) is 39.8. The zero-order chi connectivity index (χ0) is 27.5. The summed E-state index contributed by atoms with van der Waals surface area (Å²) >= 11 is 0.784. The van der Waals surface area contributed by atoms with Crippen LogP contribution in [0.4, 0.5) is 14.9 Å². The predicted molar refractivity (Wildman–Crippen MR) is 152 cm³/mol. The minimum absolute atomic E-state index is 0.194. The summed E-state index contributed by atoms with van der Waals surface area (Å²) in [6, 6.07) is 22.9. The molecule has 39 heavy (non-hydrogen) atoms. The second-order valence-electron chi connectivity index (χ2n) is 9.23. The minimum Gasteiger partial charge on any atom is -0.488 e. The van der Waals surface area contributed by atoms with E-state index in [0.717, 1.165) is 44.1 Å². The monoisotopic (exact) mass is 540 g/mol. The number of nitrogens with zero attached hydrogens (tertiary/aromatic N) is 1. The second kappa shape index (κ2) is 11.1. The highest BCUT2D eigenvalue weighted by molar-refractivity contribution is 8.18. The van der Waals surface area contributed by atoms with E-state index in [-0.39, 0.29) is 17.3 Å². The van der Waals surface area contributed by atoms with Crippen LogP contribution in [0.1, 0.15) is 22.3 Å². The molecule has 0 aromatic heterocycles. The molecule has 0 spiro atoms. The molecule has 3 amide bonds. The van der Waals surface area contributed by atoms with Crippen LogP contribution in [0.15, 0.2) is 83.8 Å². The SMILES string of the molecule is Cc1ccc(NC(=O)CN2C(=O)SC(=Cc3c(OCc4ccc(F)cc4)ccc4ccccc34)C2=O)cc1C. The van der Waals surface area contributed by atoms with E-state index in [4.69, 9.17) is 4.74 Å². The third-order valence-corrected chi connectivity index (χ3v) is 7.39. The molecule has 1 aliphatic rings. The smallest absolute Gasteiger partial charge is 0.294 e. The van der Waals surface area contributed by atoms with Gasteiger partial charge in [0, 0.05) is 11.3 Å². The molecule has 196 valence electrons. The van der Waals surface area contributed by atoms with Crippen molar-refractivity contribution in [2.75, 3.05) is 11.9 Å². The number of aryl methyl sites for hydroxylation is 2. The zero-order valence-electron chi connectivity index (χ0n) is 21.4. The standard InChI is InChI=1S/C31H25FN2O4S/c1-19-7-13-24(15-20(19)2)33-29(35)17-34-30(36)28(39-31(34)37)16-26-25-6-4-3-5-22(25)10-14-27(26)38-18-21-8-11-23(32)12-9-21/h3-16H,17-18H2,1-2H3,(H,33,35). The summed E-state index contributed by atoms with van der Waals surface area (Å²) in [5.74, 6) is -0.825. The first-order chi connectivity index (χ1) is 18.8. The molecule has 5 rings (SSSR count). The molecule has 0 bridgehead atoms. The fourth-order valence-corrected chi connectivity index (χ4v) is 5.04. The molecule has 1 heterocycles. The number of halogens is 1. The van der Waals surface area contributed by atoms with E-state index >= 15 is 0 Å². The molecule has 4 aromatic carbocycles. The lowest BCUT2D eigenvalue weighted by Gasteiger charge is -2.14. The Hall–Kier alpha value is -4.43. The van der Waals surface area contributed by atoms with Crippen LogP contribution in [-0.2, 0) is 16.2 Å². The van der Waals surface area contributed by atoms with Gasteiger partial charge in [0.2, 0.25) is 5.91 Å². The van der Waals surface area contributed by atoms with E-state index in [1.54, 1.807) is 30.3 Å². The average molecular weight is 541 g/mol. The number of thioether (sulfide) groups is 1. The average Bonchev–Trinajstić information content (AvgIpc) is 3.18. The highest BCUT2D eigenvalue weighted by Crippen LogP contribution is 2.37. The van der Waals surface area contributed by atoms with Crippen LogP contribution in [-0.4, -0.2) is 28.5 Å². The normalized spacial score (nSPS) is 14.3. The number of nitrogens with one attached hydrogen (secondary N) is 1. The quantitative estimate of drug-likeness (QED) is 0.260. The van der Waals surface area contributed by atoms with Crippen molar-refractivity contribution in [2.45, 2.75) is 20.5 Å². The van der Waals surface area contributed by atoms with Crippen LogP contribution in [0.2, 0.25) is 0 Å². The van der Waals surface area contributed by atoms with E-state index in [9.17, 15) is 18.8 Å². The van der Waals surface area contributed by atoms with Crippen molar-refractivity contribution < 1.29 is 23.5 Å². The molecule has 0 saturated carbocycles. The van der Waals surface area contributed by atoms with Gasteiger partial charge in [0.15, 0.2) is 0 Å². The molecule has 0 unspecified atom stereocenters. The molecular formula is C31H25FN2O4S. The molecule has 1 saturated heterocycles. The maximum Gasteiger partial charge on any atom is 0.294 e. The van der Waals surface area contributed by atoms with Crippen LogP contribution >= 0.6 is 11.8 Å². The largest absolute Gasteiger partial charge is 0.488 e. The van der Waals surface area contributed by atoms with Crippen LogP contribution < -0.4 is 10.1 Å². The first-order valence-electron chi connectivity index (χ1n) is 12.3. The Morgan fingerprint density at radius 2 is 1.74 bits per heavy atom. The number of carbonyl (C=O) groups excluding carboxylic acids is 3. The maximum atomic E-state index is 13.3. The topological polar surface area (TPSA) is 75.7 Å². The van der Waals surface area contributed by atoms with Crippen molar-refractivity contribution >= 4 is 51.4 Å². The molecule has 0 atom stereocenters. The molecule has 4 aromatic rings. The van der Waals surface area contributed by atoms with Crippen molar-refractivity contribution in [2.24, 2.45) is 0 Å². The zero-order valence-corrected chi connectivity index (χ0v) is 22.2. The highest BCUT2D eigenvalue weighted by Gasteiger charge is 2.36. The molecule has 1 aliphatic heterocycles. The Labute approximate surface area is 229 Å².